The largest absolute Gasteiger partial charge is 0.444 e. The molecule has 1 amide bonds. The number of carbonyl (C=O) groups is 1. The van der Waals surface area contributed by atoms with Crippen molar-refractivity contribution in [1.29, 1.82) is 0 Å². The van der Waals surface area contributed by atoms with Gasteiger partial charge in [-0.2, -0.15) is 0 Å². The van der Waals surface area contributed by atoms with Crippen LogP contribution in [0.3, 0.4) is 0 Å². The number of carbonyl (C=O) groups excluding carboxylic acids is 1. The van der Waals surface area contributed by atoms with Crippen molar-refractivity contribution in [2.75, 3.05) is 6.54 Å². The topological polar surface area (TPSA) is 64.3 Å². The van der Waals surface area contributed by atoms with Crippen LogP contribution in [-0.4, -0.2) is 18.2 Å². The monoisotopic (exact) mass is 278 g/mol. The zero-order valence-corrected chi connectivity index (χ0v) is 11.9. The summed E-state index contributed by atoms with van der Waals surface area (Å²) in [5.41, 5.74) is 6.28. The average molecular weight is 278 g/mol. The van der Waals surface area contributed by atoms with Gasteiger partial charge in [0.05, 0.1) is 6.54 Å². The summed E-state index contributed by atoms with van der Waals surface area (Å²) >= 11 is 0. The summed E-state index contributed by atoms with van der Waals surface area (Å²) in [6, 6.07) is 4.26. The van der Waals surface area contributed by atoms with Gasteiger partial charge in [0.25, 0.3) is 0 Å². The van der Waals surface area contributed by atoms with E-state index >= 15 is 0 Å². The molecule has 0 bridgehead atoms. The van der Waals surface area contributed by atoms with Crippen molar-refractivity contribution in [2.24, 2.45) is 5.73 Å². The summed E-state index contributed by atoms with van der Waals surface area (Å²) in [6.45, 7) is 5.73. The number of ether oxygens (including phenoxy) is 1. The maximum Gasteiger partial charge on any atom is 0.408 e. The van der Waals surface area contributed by atoms with Crippen LogP contribution in [0.2, 0.25) is 0 Å². The second kappa shape index (κ2) is 6.92. The van der Waals surface area contributed by atoms with Crippen molar-refractivity contribution < 1.29 is 13.9 Å². The molecular weight excluding hydrogens is 259 g/mol. The third-order valence-electron chi connectivity index (χ3n) is 2.23. The molecule has 3 N–H and O–H groups in total. The van der Waals surface area contributed by atoms with Gasteiger partial charge in [0.1, 0.15) is 11.4 Å². The van der Waals surface area contributed by atoms with E-state index in [2.05, 4.69) is 17.2 Å². The fourth-order valence-electron chi connectivity index (χ4n) is 1.41. The Bertz CT molecular complexity index is 539. The summed E-state index contributed by atoms with van der Waals surface area (Å²) in [7, 11) is 0. The lowest BCUT2D eigenvalue weighted by Crippen LogP contribution is -2.32. The van der Waals surface area contributed by atoms with Crippen LogP contribution < -0.4 is 11.1 Å². The molecule has 5 heteroatoms. The van der Waals surface area contributed by atoms with Crippen LogP contribution in [0.5, 0.6) is 0 Å². The van der Waals surface area contributed by atoms with Crippen molar-refractivity contribution in [3.63, 3.8) is 0 Å². The minimum absolute atomic E-state index is 0.120. The minimum atomic E-state index is -0.549. The van der Waals surface area contributed by atoms with E-state index in [-0.39, 0.29) is 18.9 Å². The Labute approximate surface area is 118 Å². The van der Waals surface area contributed by atoms with Gasteiger partial charge in [-0.1, -0.05) is 17.9 Å². The summed E-state index contributed by atoms with van der Waals surface area (Å²) in [5, 5.41) is 2.50. The van der Waals surface area contributed by atoms with Gasteiger partial charge in [0.2, 0.25) is 0 Å². The molecule has 1 aromatic carbocycles. The van der Waals surface area contributed by atoms with Gasteiger partial charge >= 0.3 is 6.09 Å². The Morgan fingerprint density at radius 3 is 2.75 bits per heavy atom. The van der Waals surface area contributed by atoms with E-state index in [1.807, 2.05) is 0 Å². The molecule has 0 aliphatic rings. The standard InChI is InChI=1S/C15H19FN2O2/c1-15(2,3)20-14(19)18-8-4-5-11-9-13(16)7-6-12(11)10-17/h6-7,9H,8,10,17H2,1-3H3,(H,18,19). The molecule has 0 saturated carbocycles. The Kier molecular flexibility index (Phi) is 5.53. The Hall–Kier alpha value is -2.06. The molecule has 108 valence electrons. The number of halogens is 1. The third-order valence-corrected chi connectivity index (χ3v) is 2.23. The first-order valence-electron chi connectivity index (χ1n) is 6.26. The molecule has 0 fully saturated rings. The van der Waals surface area contributed by atoms with Crippen LogP contribution in [0.1, 0.15) is 31.9 Å². The molecule has 0 radical (unpaired) electrons. The molecule has 1 rings (SSSR count). The number of rotatable bonds is 2. The number of benzene rings is 1. The lowest BCUT2D eigenvalue weighted by Gasteiger charge is -2.19. The molecule has 0 aliphatic heterocycles. The molecule has 0 spiro atoms. The van der Waals surface area contributed by atoms with Gasteiger partial charge in [0, 0.05) is 12.1 Å². The summed E-state index contributed by atoms with van der Waals surface area (Å²) in [4.78, 5) is 11.4. The lowest BCUT2D eigenvalue weighted by molar-refractivity contribution is 0.0535. The zero-order chi connectivity index (χ0) is 15.2. The van der Waals surface area contributed by atoms with E-state index in [0.717, 1.165) is 5.56 Å². The smallest absolute Gasteiger partial charge is 0.408 e. The summed E-state index contributed by atoms with van der Waals surface area (Å²) in [5.74, 6) is 5.15. The Morgan fingerprint density at radius 1 is 1.45 bits per heavy atom. The van der Waals surface area contributed by atoms with Crippen LogP contribution in [0.15, 0.2) is 18.2 Å². The molecule has 0 heterocycles. The van der Waals surface area contributed by atoms with E-state index in [0.29, 0.717) is 5.56 Å². The maximum absolute atomic E-state index is 13.1. The number of hydrogen-bond donors (Lipinski definition) is 2. The van der Waals surface area contributed by atoms with Crippen LogP contribution in [0.4, 0.5) is 9.18 Å². The molecule has 0 aromatic heterocycles. The second-order valence-electron chi connectivity index (χ2n) is 5.16. The van der Waals surface area contributed by atoms with Crippen LogP contribution in [0.25, 0.3) is 0 Å². The van der Waals surface area contributed by atoms with Gasteiger partial charge in [-0.15, -0.1) is 0 Å². The highest BCUT2D eigenvalue weighted by Gasteiger charge is 2.14. The normalized spacial score (nSPS) is 10.4. The second-order valence-corrected chi connectivity index (χ2v) is 5.16. The van der Waals surface area contributed by atoms with Gasteiger partial charge in [-0.3, -0.25) is 0 Å². The Balaban J connectivity index is 2.59. The predicted octanol–water partition coefficient (Wildman–Crippen LogP) is 2.16. The highest BCUT2D eigenvalue weighted by Crippen LogP contribution is 2.09. The zero-order valence-electron chi connectivity index (χ0n) is 11.9. The van der Waals surface area contributed by atoms with E-state index in [1.165, 1.54) is 12.1 Å². The minimum Gasteiger partial charge on any atom is -0.444 e. The molecular formula is C15H19FN2O2. The number of nitrogens with two attached hydrogens (primary N) is 1. The van der Waals surface area contributed by atoms with Crippen LogP contribution in [0, 0.1) is 17.7 Å². The number of amides is 1. The summed E-state index contributed by atoms with van der Waals surface area (Å²) < 4.78 is 18.2. The maximum atomic E-state index is 13.1. The fourth-order valence-corrected chi connectivity index (χ4v) is 1.41. The van der Waals surface area contributed by atoms with Gasteiger partial charge in [-0.25, -0.2) is 9.18 Å². The van der Waals surface area contributed by atoms with Crippen molar-refractivity contribution in [3.8, 4) is 11.8 Å². The molecule has 20 heavy (non-hydrogen) atoms. The molecule has 0 atom stereocenters. The van der Waals surface area contributed by atoms with E-state index in [1.54, 1.807) is 26.8 Å². The van der Waals surface area contributed by atoms with E-state index in [4.69, 9.17) is 10.5 Å². The molecule has 0 unspecified atom stereocenters. The molecule has 0 aliphatic carbocycles. The Morgan fingerprint density at radius 2 is 2.15 bits per heavy atom. The van der Waals surface area contributed by atoms with Gasteiger partial charge in [-0.05, 0) is 38.5 Å². The molecule has 4 nitrogen and oxygen atoms in total. The van der Waals surface area contributed by atoms with E-state index < -0.39 is 11.7 Å². The van der Waals surface area contributed by atoms with Crippen molar-refractivity contribution >= 4 is 6.09 Å². The van der Waals surface area contributed by atoms with Crippen LogP contribution in [-0.2, 0) is 11.3 Å². The first-order valence-corrected chi connectivity index (χ1v) is 6.26. The van der Waals surface area contributed by atoms with E-state index in [9.17, 15) is 9.18 Å². The molecule has 0 saturated heterocycles. The summed E-state index contributed by atoms with van der Waals surface area (Å²) in [6.07, 6.45) is -0.537. The first-order chi connectivity index (χ1) is 9.31. The average Bonchev–Trinajstić information content (AvgIpc) is 2.33. The number of hydrogen-bond acceptors (Lipinski definition) is 3. The predicted molar refractivity (Wildman–Crippen MR) is 75.4 cm³/mol. The van der Waals surface area contributed by atoms with Crippen molar-refractivity contribution in [3.05, 3.63) is 35.1 Å². The third kappa shape index (κ3) is 5.72. The SMILES string of the molecule is CC(C)(C)OC(=O)NCC#Cc1cc(F)ccc1CN. The fraction of sp³-hybridized carbons (Fsp3) is 0.400. The van der Waals surface area contributed by atoms with Gasteiger partial charge < -0.3 is 15.8 Å². The number of alkyl carbamates (subject to hydrolysis) is 1. The molecule has 1 aromatic rings. The van der Waals surface area contributed by atoms with Crippen molar-refractivity contribution in [1.82, 2.24) is 5.32 Å². The first kappa shape index (κ1) is 16.0. The number of nitrogens with one attached hydrogen (secondary N) is 1. The highest BCUT2D eigenvalue weighted by molar-refractivity contribution is 5.68. The van der Waals surface area contributed by atoms with Gasteiger partial charge in [0.15, 0.2) is 0 Å². The lowest BCUT2D eigenvalue weighted by atomic mass is 10.1. The quantitative estimate of drug-likeness (QED) is 0.815. The highest BCUT2D eigenvalue weighted by atomic mass is 19.1. The van der Waals surface area contributed by atoms with Crippen molar-refractivity contribution in [2.45, 2.75) is 32.9 Å². The van der Waals surface area contributed by atoms with Crippen LogP contribution >= 0.6 is 0 Å².